The van der Waals surface area contributed by atoms with Gasteiger partial charge in [-0.15, -0.1) is 11.8 Å². The van der Waals surface area contributed by atoms with E-state index in [9.17, 15) is 0 Å². The third-order valence-electron chi connectivity index (χ3n) is 3.09. The predicted molar refractivity (Wildman–Crippen MR) is 87.8 cm³/mol. The number of anilines is 1. The standard InChI is InChI=1S/C16H18N4OS/c1-12(20-16-15(11-17)18-7-8-19-16)13-3-5-14(6-4-13)22-10-9-21-2/h3-8,12H,9-10H2,1-2H3,(H,19,20). The van der Waals surface area contributed by atoms with Crippen LogP contribution in [0.4, 0.5) is 5.82 Å². The second kappa shape index (κ2) is 8.37. The second-order valence-corrected chi connectivity index (χ2v) is 5.81. The van der Waals surface area contributed by atoms with E-state index in [1.54, 1.807) is 25.1 Å². The Hall–Kier alpha value is -2.10. The fraction of sp³-hybridized carbons (Fsp3) is 0.312. The van der Waals surface area contributed by atoms with E-state index in [4.69, 9.17) is 10.00 Å². The molecule has 0 radical (unpaired) electrons. The number of thioether (sulfide) groups is 1. The number of methoxy groups -OCH3 is 1. The van der Waals surface area contributed by atoms with E-state index < -0.39 is 0 Å². The zero-order chi connectivity index (χ0) is 15.8. The number of rotatable bonds is 7. The summed E-state index contributed by atoms with van der Waals surface area (Å²) < 4.78 is 5.04. The normalized spacial score (nSPS) is 11.7. The number of benzene rings is 1. The van der Waals surface area contributed by atoms with Crippen LogP contribution in [0.15, 0.2) is 41.6 Å². The van der Waals surface area contributed by atoms with Crippen LogP contribution in [0.5, 0.6) is 0 Å². The highest BCUT2D eigenvalue weighted by Crippen LogP contribution is 2.23. The molecule has 1 atom stereocenters. The Morgan fingerprint density at radius 2 is 2.00 bits per heavy atom. The van der Waals surface area contributed by atoms with Crippen LogP contribution < -0.4 is 5.32 Å². The second-order valence-electron chi connectivity index (χ2n) is 4.64. The van der Waals surface area contributed by atoms with Crippen molar-refractivity contribution in [1.82, 2.24) is 9.97 Å². The lowest BCUT2D eigenvalue weighted by Gasteiger charge is -2.15. The van der Waals surface area contributed by atoms with Crippen molar-refractivity contribution >= 4 is 17.6 Å². The van der Waals surface area contributed by atoms with Crippen molar-refractivity contribution in [2.75, 3.05) is 24.8 Å². The van der Waals surface area contributed by atoms with Crippen LogP contribution >= 0.6 is 11.8 Å². The lowest BCUT2D eigenvalue weighted by atomic mass is 10.1. The topological polar surface area (TPSA) is 70.8 Å². The van der Waals surface area contributed by atoms with Gasteiger partial charge in [0.15, 0.2) is 11.5 Å². The molecule has 0 spiro atoms. The number of ether oxygens (including phenoxy) is 1. The molecule has 0 bridgehead atoms. The zero-order valence-corrected chi connectivity index (χ0v) is 13.4. The Morgan fingerprint density at radius 1 is 1.27 bits per heavy atom. The fourth-order valence-electron chi connectivity index (χ4n) is 1.91. The van der Waals surface area contributed by atoms with Gasteiger partial charge in [0.05, 0.1) is 12.6 Å². The summed E-state index contributed by atoms with van der Waals surface area (Å²) in [6, 6.07) is 10.4. The lowest BCUT2D eigenvalue weighted by Crippen LogP contribution is -2.09. The molecule has 0 aliphatic heterocycles. The van der Waals surface area contributed by atoms with Crippen molar-refractivity contribution in [2.24, 2.45) is 0 Å². The quantitative estimate of drug-likeness (QED) is 0.625. The van der Waals surface area contributed by atoms with Gasteiger partial charge in [-0.25, -0.2) is 9.97 Å². The predicted octanol–water partition coefficient (Wildman–Crippen LogP) is 3.26. The van der Waals surface area contributed by atoms with E-state index in [-0.39, 0.29) is 6.04 Å². The summed E-state index contributed by atoms with van der Waals surface area (Å²) in [5, 5.41) is 12.3. The van der Waals surface area contributed by atoms with Crippen molar-refractivity contribution in [3.05, 3.63) is 47.9 Å². The third-order valence-corrected chi connectivity index (χ3v) is 4.07. The molecule has 0 aliphatic rings. The van der Waals surface area contributed by atoms with Gasteiger partial charge in [-0.2, -0.15) is 5.26 Å². The maximum Gasteiger partial charge on any atom is 0.182 e. The average Bonchev–Trinajstić information content (AvgIpc) is 2.56. The average molecular weight is 314 g/mol. The fourth-order valence-corrected chi connectivity index (χ4v) is 2.72. The number of aromatic nitrogens is 2. The highest BCUT2D eigenvalue weighted by Gasteiger charge is 2.10. The van der Waals surface area contributed by atoms with Gasteiger partial charge in [-0.05, 0) is 24.6 Å². The van der Waals surface area contributed by atoms with Crippen molar-refractivity contribution in [2.45, 2.75) is 17.9 Å². The number of hydrogen-bond acceptors (Lipinski definition) is 6. The summed E-state index contributed by atoms with van der Waals surface area (Å²) in [6.07, 6.45) is 3.09. The van der Waals surface area contributed by atoms with Crippen LogP contribution in [0, 0.1) is 11.3 Å². The molecule has 1 aromatic heterocycles. The molecule has 1 N–H and O–H groups in total. The summed E-state index contributed by atoms with van der Waals surface area (Å²) in [6.45, 7) is 2.77. The van der Waals surface area contributed by atoms with Crippen LogP contribution in [0.1, 0.15) is 24.2 Å². The van der Waals surface area contributed by atoms with Crippen LogP contribution in [0.2, 0.25) is 0 Å². The number of hydrogen-bond donors (Lipinski definition) is 1. The van der Waals surface area contributed by atoms with Gasteiger partial charge in [0.1, 0.15) is 6.07 Å². The molecule has 1 unspecified atom stereocenters. The first-order valence-corrected chi connectivity index (χ1v) is 7.92. The van der Waals surface area contributed by atoms with Crippen LogP contribution in [-0.4, -0.2) is 29.4 Å². The van der Waals surface area contributed by atoms with Crippen LogP contribution in [0.25, 0.3) is 0 Å². The molecule has 0 amide bonds. The Balaban J connectivity index is 2.00. The van der Waals surface area contributed by atoms with Gasteiger partial charge in [0.25, 0.3) is 0 Å². The van der Waals surface area contributed by atoms with Gasteiger partial charge in [-0.1, -0.05) is 12.1 Å². The summed E-state index contributed by atoms with van der Waals surface area (Å²) in [5.41, 5.74) is 1.44. The number of nitrogens with zero attached hydrogens (tertiary/aromatic N) is 3. The molecule has 1 heterocycles. The number of nitrogens with one attached hydrogen (secondary N) is 1. The Labute approximate surface area is 134 Å². The lowest BCUT2D eigenvalue weighted by molar-refractivity contribution is 0.218. The first-order chi connectivity index (χ1) is 10.7. The maximum absolute atomic E-state index is 9.04. The molecule has 6 heteroatoms. The molecule has 0 aliphatic carbocycles. The molecule has 114 valence electrons. The molecule has 22 heavy (non-hydrogen) atoms. The van der Waals surface area contributed by atoms with E-state index in [1.807, 2.05) is 13.0 Å². The van der Waals surface area contributed by atoms with E-state index in [1.165, 1.54) is 11.1 Å². The van der Waals surface area contributed by atoms with Gasteiger partial charge >= 0.3 is 0 Å². The van der Waals surface area contributed by atoms with Gasteiger partial charge < -0.3 is 10.1 Å². The SMILES string of the molecule is COCCSc1ccc(C(C)Nc2nccnc2C#N)cc1. The summed E-state index contributed by atoms with van der Waals surface area (Å²) in [7, 11) is 1.71. The largest absolute Gasteiger partial charge is 0.384 e. The minimum atomic E-state index is 0.0434. The molecule has 0 saturated heterocycles. The monoisotopic (exact) mass is 314 g/mol. The van der Waals surface area contributed by atoms with E-state index in [0.29, 0.717) is 11.5 Å². The van der Waals surface area contributed by atoms with E-state index in [0.717, 1.165) is 17.9 Å². The van der Waals surface area contributed by atoms with Gasteiger partial charge in [0.2, 0.25) is 0 Å². The Kier molecular flexibility index (Phi) is 6.19. The molecular formula is C16H18N4OS. The van der Waals surface area contributed by atoms with Gasteiger partial charge in [0, 0.05) is 30.2 Å². The Bertz CT molecular complexity index is 639. The van der Waals surface area contributed by atoms with E-state index in [2.05, 4.69) is 39.6 Å². The molecule has 2 aromatic rings. The molecule has 1 aromatic carbocycles. The van der Waals surface area contributed by atoms with Crippen molar-refractivity contribution < 1.29 is 4.74 Å². The van der Waals surface area contributed by atoms with Crippen molar-refractivity contribution in [1.29, 1.82) is 5.26 Å². The van der Waals surface area contributed by atoms with Crippen LogP contribution in [-0.2, 0) is 4.74 Å². The first kappa shape index (κ1) is 16.3. The molecule has 5 nitrogen and oxygen atoms in total. The summed E-state index contributed by atoms with van der Waals surface area (Å²) >= 11 is 1.76. The maximum atomic E-state index is 9.04. The highest BCUT2D eigenvalue weighted by atomic mass is 32.2. The summed E-state index contributed by atoms with van der Waals surface area (Å²) in [4.78, 5) is 9.38. The molecule has 0 saturated carbocycles. The third kappa shape index (κ3) is 4.45. The molecule has 2 rings (SSSR count). The minimum Gasteiger partial charge on any atom is -0.384 e. The molecular weight excluding hydrogens is 296 g/mol. The van der Waals surface area contributed by atoms with Gasteiger partial charge in [-0.3, -0.25) is 0 Å². The Morgan fingerprint density at radius 3 is 2.68 bits per heavy atom. The first-order valence-electron chi connectivity index (χ1n) is 6.94. The zero-order valence-electron chi connectivity index (χ0n) is 12.6. The number of nitriles is 1. The van der Waals surface area contributed by atoms with Crippen molar-refractivity contribution in [3.63, 3.8) is 0 Å². The smallest absolute Gasteiger partial charge is 0.182 e. The van der Waals surface area contributed by atoms with Crippen molar-refractivity contribution in [3.8, 4) is 6.07 Å². The van der Waals surface area contributed by atoms with Crippen LogP contribution in [0.3, 0.4) is 0 Å². The summed E-state index contributed by atoms with van der Waals surface area (Å²) in [5.74, 6) is 1.45. The molecule has 0 fully saturated rings. The highest BCUT2D eigenvalue weighted by molar-refractivity contribution is 7.99. The van der Waals surface area contributed by atoms with E-state index >= 15 is 0 Å². The minimum absolute atomic E-state index is 0.0434.